The minimum Gasteiger partial charge on any atom is -0.275 e. The monoisotopic (exact) mass is 171 g/mol. The number of hydrogen-bond donors (Lipinski definition) is 0. The van der Waals surface area contributed by atoms with Crippen molar-refractivity contribution in [1.82, 2.24) is 25.3 Å². The van der Waals surface area contributed by atoms with Crippen LogP contribution in [0.5, 0.6) is 0 Å². The summed E-state index contributed by atoms with van der Waals surface area (Å²) in [7, 11) is 2.93. The molecule has 0 saturated carbocycles. The summed E-state index contributed by atoms with van der Waals surface area (Å²) in [5, 5.41) is 11.4. The van der Waals surface area contributed by atoms with E-state index in [0.29, 0.717) is 0 Å². The molecule has 0 aromatic carbocycles. The fourth-order valence-electron chi connectivity index (χ4n) is 0.593. The van der Waals surface area contributed by atoms with Gasteiger partial charge < -0.3 is 0 Å². The average molecular weight is 171 g/mol. The van der Waals surface area contributed by atoms with Gasteiger partial charge in [-0.3, -0.25) is 9.63 Å². The summed E-state index contributed by atoms with van der Waals surface area (Å²) in [6, 6.07) is 0. The van der Waals surface area contributed by atoms with Crippen LogP contribution in [0.3, 0.4) is 0 Å². The largest absolute Gasteiger partial charge is 0.275 e. The second-order valence-corrected chi connectivity index (χ2v) is 2.08. The van der Waals surface area contributed by atoms with Crippen molar-refractivity contribution in [2.45, 2.75) is 6.54 Å². The number of tetrazole rings is 1. The van der Waals surface area contributed by atoms with Gasteiger partial charge in [0.2, 0.25) is 0 Å². The Kier molecular flexibility index (Phi) is 2.70. The summed E-state index contributed by atoms with van der Waals surface area (Å²) in [6.45, 7) is 0.0807. The normalized spacial score (nSPS) is 9.83. The molecule has 0 saturated heterocycles. The molecule has 0 aliphatic heterocycles. The van der Waals surface area contributed by atoms with E-state index in [1.54, 1.807) is 0 Å². The Balaban J connectivity index is 2.47. The van der Waals surface area contributed by atoms with E-state index in [2.05, 4.69) is 20.4 Å². The zero-order valence-corrected chi connectivity index (χ0v) is 6.84. The fourth-order valence-corrected chi connectivity index (χ4v) is 0.593. The molecule has 0 bridgehead atoms. The lowest BCUT2D eigenvalue weighted by atomic mass is 10.6. The summed E-state index contributed by atoms with van der Waals surface area (Å²) in [6.07, 6.45) is 1.36. The van der Waals surface area contributed by atoms with Gasteiger partial charge in [-0.15, -0.1) is 5.10 Å². The van der Waals surface area contributed by atoms with E-state index in [0.717, 1.165) is 5.06 Å². The Morgan fingerprint density at radius 3 is 3.00 bits per heavy atom. The molecule has 1 rings (SSSR count). The maximum atomic E-state index is 11.1. The van der Waals surface area contributed by atoms with Gasteiger partial charge in [0.15, 0.2) is 0 Å². The van der Waals surface area contributed by atoms with Gasteiger partial charge in [-0.05, 0) is 10.4 Å². The van der Waals surface area contributed by atoms with Crippen LogP contribution >= 0.6 is 0 Å². The molecule has 0 unspecified atom stereocenters. The van der Waals surface area contributed by atoms with Gasteiger partial charge in [0.1, 0.15) is 12.9 Å². The van der Waals surface area contributed by atoms with Crippen LogP contribution in [0.15, 0.2) is 6.33 Å². The summed E-state index contributed by atoms with van der Waals surface area (Å²) in [4.78, 5) is 15.8. The van der Waals surface area contributed by atoms with Gasteiger partial charge in [-0.2, -0.15) is 0 Å². The second kappa shape index (κ2) is 3.77. The van der Waals surface area contributed by atoms with E-state index in [-0.39, 0.29) is 12.5 Å². The quantitative estimate of drug-likeness (QED) is 0.528. The van der Waals surface area contributed by atoms with Gasteiger partial charge in [0.25, 0.3) is 5.91 Å². The van der Waals surface area contributed by atoms with Crippen molar-refractivity contribution in [2.24, 2.45) is 0 Å². The number of carbonyl (C=O) groups excluding carboxylic acids is 1. The van der Waals surface area contributed by atoms with Gasteiger partial charge in [0.05, 0.1) is 7.11 Å². The second-order valence-electron chi connectivity index (χ2n) is 2.08. The molecule has 1 heterocycles. The van der Waals surface area contributed by atoms with Gasteiger partial charge >= 0.3 is 0 Å². The highest BCUT2D eigenvalue weighted by atomic mass is 16.7. The summed E-state index contributed by atoms with van der Waals surface area (Å²) in [5.74, 6) is -0.218. The third kappa shape index (κ3) is 1.99. The molecule has 7 nitrogen and oxygen atoms in total. The van der Waals surface area contributed by atoms with E-state index >= 15 is 0 Å². The van der Waals surface area contributed by atoms with Crippen molar-refractivity contribution in [3.63, 3.8) is 0 Å². The number of aromatic nitrogens is 4. The summed E-state index contributed by atoms with van der Waals surface area (Å²) >= 11 is 0. The smallest absolute Gasteiger partial charge is 0.267 e. The van der Waals surface area contributed by atoms with Crippen molar-refractivity contribution in [2.75, 3.05) is 14.2 Å². The fraction of sp³-hybridized carbons (Fsp3) is 0.600. The first-order chi connectivity index (χ1) is 5.74. The number of likely N-dealkylation sites (N-methyl/N-ethyl adjacent to an activating group) is 1. The summed E-state index contributed by atoms with van der Waals surface area (Å²) < 4.78 is 1.32. The zero-order valence-electron chi connectivity index (χ0n) is 6.84. The molecular formula is C5H9N5O2. The van der Waals surface area contributed by atoms with E-state index in [1.807, 2.05) is 0 Å². The van der Waals surface area contributed by atoms with Crippen molar-refractivity contribution in [3.8, 4) is 0 Å². The van der Waals surface area contributed by atoms with Crippen LogP contribution < -0.4 is 0 Å². The molecule has 1 aromatic heterocycles. The lowest BCUT2D eigenvalue weighted by Crippen LogP contribution is -2.29. The Morgan fingerprint density at radius 2 is 2.50 bits per heavy atom. The van der Waals surface area contributed by atoms with Crippen LogP contribution in [0.1, 0.15) is 0 Å². The van der Waals surface area contributed by atoms with Crippen LogP contribution in [-0.2, 0) is 16.2 Å². The first-order valence-electron chi connectivity index (χ1n) is 3.25. The third-order valence-electron chi connectivity index (χ3n) is 1.31. The predicted octanol–water partition coefficient (Wildman–Crippen LogP) is -1.31. The van der Waals surface area contributed by atoms with Crippen molar-refractivity contribution in [3.05, 3.63) is 6.33 Å². The topological polar surface area (TPSA) is 73.1 Å². The highest BCUT2D eigenvalue weighted by molar-refractivity contribution is 5.74. The molecule has 0 aliphatic rings. The zero-order chi connectivity index (χ0) is 8.97. The molecule has 0 atom stereocenters. The van der Waals surface area contributed by atoms with Crippen LogP contribution in [0, 0.1) is 0 Å². The number of nitrogens with zero attached hydrogens (tertiary/aromatic N) is 5. The van der Waals surface area contributed by atoms with Crippen molar-refractivity contribution >= 4 is 5.91 Å². The van der Waals surface area contributed by atoms with E-state index in [4.69, 9.17) is 0 Å². The van der Waals surface area contributed by atoms with E-state index < -0.39 is 0 Å². The molecule has 1 amide bonds. The minimum atomic E-state index is -0.218. The molecule has 0 spiro atoms. The van der Waals surface area contributed by atoms with Gasteiger partial charge in [-0.25, -0.2) is 9.75 Å². The lowest BCUT2D eigenvalue weighted by molar-refractivity contribution is -0.169. The third-order valence-corrected chi connectivity index (χ3v) is 1.31. The Hall–Kier alpha value is -1.50. The lowest BCUT2D eigenvalue weighted by Gasteiger charge is -2.12. The van der Waals surface area contributed by atoms with E-state index in [9.17, 15) is 4.79 Å². The molecule has 12 heavy (non-hydrogen) atoms. The number of rotatable bonds is 3. The summed E-state index contributed by atoms with van der Waals surface area (Å²) in [5.41, 5.74) is 0. The average Bonchev–Trinajstić information content (AvgIpc) is 2.55. The molecule has 0 N–H and O–H groups in total. The van der Waals surface area contributed by atoms with Gasteiger partial charge in [0, 0.05) is 7.05 Å². The maximum Gasteiger partial charge on any atom is 0.267 e. The van der Waals surface area contributed by atoms with Crippen LogP contribution in [-0.4, -0.2) is 45.3 Å². The molecule has 1 aromatic rings. The molecule has 66 valence electrons. The number of hydroxylamine groups is 2. The standard InChI is InChI=1S/C5H9N5O2/c1-9(12-2)5(11)3-10-4-6-7-8-10/h4H,3H2,1-2H3. The maximum absolute atomic E-state index is 11.1. The Bertz CT molecular complexity index is 246. The van der Waals surface area contributed by atoms with Crippen molar-refractivity contribution in [1.29, 1.82) is 0 Å². The highest BCUT2D eigenvalue weighted by Crippen LogP contribution is 1.87. The number of amides is 1. The van der Waals surface area contributed by atoms with Crippen LogP contribution in [0.25, 0.3) is 0 Å². The minimum absolute atomic E-state index is 0.0807. The molecule has 0 fully saturated rings. The van der Waals surface area contributed by atoms with Crippen molar-refractivity contribution < 1.29 is 9.63 Å². The van der Waals surface area contributed by atoms with Crippen LogP contribution in [0.4, 0.5) is 0 Å². The predicted molar refractivity (Wildman–Crippen MR) is 37.6 cm³/mol. The highest BCUT2D eigenvalue weighted by Gasteiger charge is 2.08. The molecule has 0 aliphatic carbocycles. The molecule has 0 radical (unpaired) electrons. The van der Waals surface area contributed by atoms with E-state index in [1.165, 1.54) is 25.2 Å². The SMILES string of the molecule is CON(C)C(=O)Cn1cnnn1. The first-order valence-corrected chi connectivity index (χ1v) is 3.25. The van der Waals surface area contributed by atoms with Gasteiger partial charge in [-0.1, -0.05) is 0 Å². The molecule has 7 heteroatoms. The number of carbonyl (C=O) groups is 1. The molecular weight excluding hydrogens is 162 g/mol. The first kappa shape index (κ1) is 8.60. The Morgan fingerprint density at radius 1 is 1.75 bits per heavy atom. The van der Waals surface area contributed by atoms with Crippen LogP contribution in [0.2, 0.25) is 0 Å². The number of hydrogen-bond acceptors (Lipinski definition) is 5. The Labute approximate surface area is 68.9 Å².